The highest BCUT2D eigenvalue weighted by atomic mass is 16.2. The lowest BCUT2D eigenvalue weighted by Crippen LogP contribution is -2.25. The fraction of sp³-hybridized carbons (Fsp3) is 0.200. The average molecular weight is 317 g/mol. The van der Waals surface area contributed by atoms with Gasteiger partial charge in [-0.3, -0.25) is 4.79 Å². The van der Waals surface area contributed by atoms with Gasteiger partial charge in [0.1, 0.15) is 5.69 Å². The van der Waals surface area contributed by atoms with Crippen LogP contribution in [0.1, 0.15) is 18.4 Å². The third kappa shape index (κ3) is 2.71. The molecule has 0 atom stereocenters. The van der Waals surface area contributed by atoms with E-state index in [1.807, 2.05) is 70.2 Å². The average Bonchev–Trinajstić information content (AvgIpc) is 3.28. The Bertz CT molecular complexity index is 890. The van der Waals surface area contributed by atoms with E-state index in [1.165, 1.54) is 0 Å². The van der Waals surface area contributed by atoms with Crippen molar-refractivity contribution in [3.63, 3.8) is 0 Å². The normalized spacial score (nSPS) is 14.8. The third-order valence-electron chi connectivity index (χ3n) is 4.44. The monoisotopic (exact) mass is 317 g/mol. The van der Waals surface area contributed by atoms with Gasteiger partial charge in [-0.2, -0.15) is 5.10 Å². The van der Waals surface area contributed by atoms with Gasteiger partial charge in [-0.25, -0.2) is 4.52 Å². The lowest BCUT2D eigenvalue weighted by Gasteiger charge is -2.11. The van der Waals surface area contributed by atoms with Crippen LogP contribution in [0, 0.1) is 0 Å². The van der Waals surface area contributed by atoms with Crippen molar-refractivity contribution in [3.8, 4) is 11.3 Å². The Kier molecular flexibility index (Phi) is 3.87. The molecule has 3 heterocycles. The van der Waals surface area contributed by atoms with E-state index in [-0.39, 0.29) is 5.91 Å². The number of hydrogen-bond acceptors (Lipinski definition) is 2. The second-order valence-electron chi connectivity index (χ2n) is 6.02. The lowest BCUT2D eigenvalue weighted by atomic mass is 10.1. The van der Waals surface area contributed by atoms with Gasteiger partial charge in [-0.15, -0.1) is 0 Å². The molecule has 1 aliphatic rings. The Morgan fingerprint density at radius 1 is 1.00 bits per heavy atom. The van der Waals surface area contributed by atoms with Crippen LogP contribution in [0.5, 0.6) is 0 Å². The van der Waals surface area contributed by atoms with E-state index in [9.17, 15) is 4.79 Å². The second kappa shape index (κ2) is 6.32. The van der Waals surface area contributed by atoms with Crippen LogP contribution in [0.3, 0.4) is 0 Å². The second-order valence-corrected chi connectivity index (χ2v) is 6.02. The summed E-state index contributed by atoms with van der Waals surface area (Å²) in [6, 6.07) is 16.1. The number of pyridine rings is 1. The van der Waals surface area contributed by atoms with Gasteiger partial charge in [0, 0.05) is 36.5 Å². The number of fused-ring (bicyclic) bond motifs is 1. The first kappa shape index (κ1) is 14.7. The molecule has 0 spiro atoms. The van der Waals surface area contributed by atoms with E-state index in [1.54, 1.807) is 6.08 Å². The molecule has 4 rings (SSSR count). The summed E-state index contributed by atoms with van der Waals surface area (Å²) < 4.78 is 1.86. The van der Waals surface area contributed by atoms with Gasteiger partial charge in [-0.1, -0.05) is 36.4 Å². The minimum Gasteiger partial charge on any atom is -0.339 e. The first-order chi connectivity index (χ1) is 11.8. The Balaban J connectivity index is 1.76. The molecule has 1 saturated heterocycles. The Morgan fingerprint density at radius 2 is 1.75 bits per heavy atom. The van der Waals surface area contributed by atoms with E-state index in [0.29, 0.717) is 0 Å². The summed E-state index contributed by atoms with van der Waals surface area (Å²) in [4.78, 5) is 14.2. The fourth-order valence-electron chi connectivity index (χ4n) is 3.19. The van der Waals surface area contributed by atoms with Crippen LogP contribution in [-0.4, -0.2) is 33.5 Å². The fourth-order valence-corrected chi connectivity index (χ4v) is 3.19. The molecule has 4 nitrogen and oxygen atoms in total. The number of likely N-dealkylation sites (tertiary alicyclic amines) is 1. The highest BCUT2D eigenvalue weighted by Crippen LogP contribution is 2.27. The van der Waals surface area contributed by atoms with Gasteiger partial charge in [-0.05, 0) is 31.1 Å². The van der Waals surface area contributed by atoms with Crippen molar-refractivity contribution in [1.29, 1.82) is 0 Å². The zero-order chi connectivity index (χ0) is 16.4. The molecule has 24 heavy (non-hydrogen) atoms. The molecule has 4 heteroatoms. The first-order valence-electron chi connectivity index (χ1n) is 8.33. The van der Waals surface area contributed by atoms with Crippen LogP contribution in [0.25, 0.3) is 22.9 Å². The number of hydrogen-bond donors (Lipinski definition) is 0. The van der Waals surface area contributed by atoms with Gasteiger partial charge in [0.05, 0.1) is 5.52 Å². The third-order valence-corrected chi connectivity index (χ3v) is 4.44. The van der Waals surface area contributed by atoms with Gasteiger partial charge in [0.25, 0.3) is 0 Å². The summed E-state index contributed by atoms with van der Waals surface area (Å²) in [5.74, 6) is 0.0850. The minimum absolute atomic E-state index is 0.0850. The van der Waals surface area contributed by atoms with E-state index in [2.05, 4.69) is 0 Å². The van der Waals surface area contributed by atoms with Crippen molar-refractivity contribution in [2.45, 2.75) is 12.8 Å². The largest absolute Gasteiger partial charge is 0.339 e. The number of aromatic nitrogens is 2. The molecule has 0 N–H and O–H groups in total. The van der Waals surface area contributed by atoms with Gasteiger partial charge in [0.15, 0.2) is 0 Å². The summed E-state index contributed by atoms with van der Waals surface area (Å²) in [6.07, 6.45) is 7.73. The summed E-state index contributed by atoms with van der Waals surface area (Å²) in [5, 5.41) is 4.70. The van der Waals surface area contributed by atoms with E-state index in [4.69, 9.17) is 5.10 Å². The van der Waals surface area contributed by atoms with Crippen molar-refractivity contribution in [2.75, 3.05) is 13.1 Å². The predicted octanol–water partition coefficient (Wildman–Crippen LogP) is 3.64. The molecule has 3 aromatic rings. The molecule has 0 bridgehead atoms. The number of amides is 1. The quantitative estimate of drug-likeness (QED) is 0.692. The summed E-state index contributed by atoms with van der Waals surface area (Å²) >= 11 is 0. The van der Waals surface area contributed by atoms with Crippen molar-refractivity contribution in [2.24, 2.45) is 0 Å². The maximum atomic E-state index is 12.3. The Morgan fingerprint density at radius 3 is 2.54 bits per heavy atom. The molecular formula is C20H19N3O. The smallest absolute Gasteiger partial charge is 0.246 e. The van der Waals surface area contributed by atoms with Gasteiger partial charge in [0.2, 0.25) is 5.91 Å². The van der Waals surface area contributed by atoms with Crippen molar-refractivity contribution >= 4 is 17.5 Å². The number of benzene rings is 1. The summed E-state index contributed by atoms with van der Waals surface area (Å²) in [5.41, 5.74) is 3.93. The molecule has 1 aliphatic heterocycles. The van der Waals surface area contributed by atoms with E-state index in [0.717, 1.165) is 48.3 Å². The molecule has 1 amide bonds. The highest BCUT2D eigenvalue weighted by Gasteiger charge is 2.16. The lowest BCUT2D eigenvalue weighted by molar-refractivity contribution is -0.124. The van der Waals surface area contributed by atoms with Crippen LogP contribution >= 0.6 is 0 Å². The maximum Gasteiger partial charge on any atom is 0.246 e. The number of carbonyl (C=O) groups excluding carboxylic acids is 1. The maximum absolute atomic E-state index is 12.3. The predicted molar refractivity (Wildman–Crippen MR) is 95.5 cm³/mol. The zero-order valence-electron chi connectivity index (χ0n) is 13.4. The molecule has 0 radical (unpaired) electrons. The molecule has 0 aliphatic carbocycles. The van der Waals surface area contributed by atoms with Crippen LogP contribution in [0.2, 0.25) is 0 Å². The minimum atomic E-state index is 0.0850. The number of carbonyl (C=O) groups is 1. The zero-order valence-corrected chi connectivity index (χ0v) is 13.4. The number of nitrogens with zero attached hydrogens (tertiary/aromatic N) is 3. The van der Waals surface area contributed by atoms with Gasteiger partial charge < -0.3 is 4.90 Å². The van der Waals surface area contributed by atoms with Gasteiger partial charge >= 0.3 is 0 Å². The standard InChI is InChI=1S/C20H19N3O/c24-19(22-13-6-7-14-22)12-11-17-18-10-4-5-15-23(18)21-20(17)16-8-2-1-3-9-16/h1-5,8-12,15H,6-7,13-14H2/b12-11+. The van der Waals surface area contributed by atoms with E-state index < -0.39 is 0 Å². The van der Waals surface area contributed by atoms with Crippen LogP contribution in [0.15, 0.2) is 60.8 Å². The summed E-state index contributed by atoms with van der Waals surface area (Å²) in [6.45, 7) is 1.73. The molecule has 1 aromatic carbocycles. The highest BCUT2D eigenvalue weighted by molar-refractivity contribution is 5.95. The molecule has 0 unspecified atom stereocenters. The molecule has 2 aromatic heterocycles. The SMILES string of the molecule is O=C(/C=C/c1c(-c2ccccc2)nn2ccccc12)N1CCCC1. The van der Waals surface area contributed by atoms with E-state index >= 15 is 0 Å². The molecule has 0 saturated carbocycles. The van der Waals surface area contributed by atoms with Crippen LogP contribution in [-0.2, 0) is 4.79 Å². The number of rotatable bonds is 3. The van der Waals surface area contributed by atoms with Crippen LogP contribution in [0.4, 0.5) is 0 Å². The van der Waals surface area contributed by atoms with Crippen molar-refractivity contribution < 1.29 is 4.79 Å². The first-order valence-corrected chi connectivity index (χ1v) is 8.33. The van der Waals surface area contributed by atoms with Crippen molar-refractivity contribution in [3.05, 3.63) is 66.4 Å². The summed E-state index contributed by atoms with van der Waals surface area (Å²) in [7, 11) is 0. The van der Waals surface area contributed by atoms with Crippen molar-refractivity contribution in [1.82, 2.24) is 14.5 Å². The van der Waals surface area contributed by atoms with Crippen LogP contribution < -0.4 is 0 Å². The molecular weight excluding hydrogens is 298 g/mol. The molecule has 1 fully saturated rings. The Hall–Kier alpha value is -2.88. The molecule has 120 valence electrons. The Labute approximate surface area is 141 Å². The topological polar surface area (TPSA) is 37.6 Å².